The Hall–Kier alpha value is -2.68. The maximum atomic E-state index is 12.9. The highest BCUT2D eigenvalue weighted by Gasteiger charge is 2.29. The van der Waals surface area contributed by atoms with Crippen molar-refractivity contribution in [3.05, 3.63) is 64.8 Å². The molecule has 1 aliphatic rings. The van der Waals surface area contributed by atoms with Gasteiger partial charge >= 0.3 is 0 Å². The zero-order chi connectivity index (χ0) is 23.5. The Morgan fingerprint density at radius 3 is 2.47 bits per heavy atom. The van der Waals surface area contributed by atoms with Crippen molar-refractivity contribution in [2.75, 3.05) is 18.4 Å². The Morgan fingerprint density at radius 2 is 1.81 bits per heavy atom. The van der Waals surface area contributed by atoms with Gasteiger partial charge in [-0.2, -0.15) is 4.31 Å². The van der Waals surface area contributed by atoms with Gasteiger partial charge < -0.3 is 10.2 Å². The van der Waals surface area contributed by atoms with Crippen molar-refractivity contribution in [3.8, 4) is 0 Å². The van der Waals surface area contributed by atoms with Crippen molar-refractivity contribution < 1.29 is 18.0 Å². The van der Waals surface area contributed by atoms with E-state index in [0.29, 0.717) is 18.8 Å². The van der Waals surface area contributed by atoms with Crippen LogP contribution in [0.3, 0.4) is 0 Å². The average Bonchev–Trinajstić information content (AvgIpc) is 2.75. The molecule has 3 rings (SSSR count). The number of rotatable bonds is 7. The van der Waals surface area contributed by atoms with Crippen LogP contribution in [0.5, 0.6) is 0 Å². The highest BCUT2D eigenvalue weighted by atomic mass is 35.5. The molecule has 9 heteroatoms. The molecule has 170 valence electrons. The van der Waals surface area contributed by atoms with Crippen LogP contribution in [-0.4, -0.2) is 42.5 Å². The monoisotopic (exact) mass is 475 g/mol. The molecule has 0 fully saturated rings. The van der Waals surface area contributed by atoms with Crippen LogP contribution in [0.15, 0.2) is 53.6 Å². The van der Waals surface area contributed by atoms with Gasteiger partial charge in [0.15, 0.2) is 0 Å². The van der Waals surface area contributed by atoms with Crippen LogP contribution >= 0.6 is 11.6 Å². The molecule has 0 saturated carbocycles. The normalized spacial score (nSPS) is 15.5. The topological polar surface area (TPSA) is 86.8 Å². The van der Waals surface area contributed by atoms with Crippen molar-refractivity contribution in [2.24, 2.45) is 0 Å². The number of carbonyl (C=O) groups excluding carboxylic acids is 2. The summed E-state index contributed by atoms with van der Waals surface area (Å²) >= 11 is 6.17. The number of fused-ring (bicyclic) bond motifs is 1. The Kier molecular flexibility index (Phi) is 7.38. The number of nitrogens with one attached hydrogen (secondary N) is 1. The predicted molar refractivity (Wildman–Crippen MR) is 126 cm³/mol. The number of anilines is 1. The van der Waals surface area contributed by atoms with E-state index < -0.39 is 16.1 Å². The van der Waals surface area contributed by atoms with Crippen molar-refractivity contribution >= 4 is 45.2 Å². The lowest BCUT2D eigenvalue weighted by Gasteiger charge is -2.32. The highest BCUT2D eigenvalue weighted by molar-refractivity contribution is 7.89. The maximum absolute atomic E-state index is 12.9. The SMILES string of the molecule is CCN(CC)S(=O)(=O)c1cc(NC(=O)CC2c3ccccc3C=CN2C(C)=O)ccc1Cl. The first kappa shape index (κ1) is 24.0. The number of halogens is 1. The minimum absolute atomic E-state index is 0.0156. The maximum Gasteiger partial charge on any atom is 0.244 e. The minimum Gasteiger partial charge on any atom is -0.326 e. The summed E-state index contributed by atoms with van der Waals surface area (Å²) in [7, 11) is -3.79. The van der Waals surface area contributed by atoms with E-state index in [0.717, 1.165) is 11.1 Å². The molecule has 1 heterocycles. The van der Waals surface area contributed by atoms with Gasteiger partial charge in [0, 0.05) is 31.9 Å². The van der Waals surface area contributed by atoms with E-state index >= 15 is 0 Å². The largest absolute Gasteiger partial charge is 0.326 e. The zero-order valence-electron chi connectivity index (χ0n) is 18.2. The number of sulfonamides is 1. The van der Waals surface area contributed by atoms with Crippen molar-refractivity contribution in [1.82, 2.24) is 9.21 Å². The fraction of sp³-hybridized carbons (Fsp3) is 0.304. The molecule has 1 atom stereocenters. The van der Waals surface area contributed by atoms with Gasteiger partial charge in [-0.3, -0.25) is 9.59 Å². The smallest absolute Gasteiger partial charge is 0.244 e. The lowest BCUT2D eigenvalue weighted by molar-refractivity contribution is -0.129. The lowest BCUT2D eigenvalue weighted by atomic mass is 9.93. The van der Waals surface area contributed by atoms with Crippen molar-refractivity contribution in [1.29, 1.82) is 0 Å². The van der Waals surface area contributed by atoms with Crippen molar-refractivity contribution in [2.45, 2.75) is 38.1 Å². The molecular formula is C23H26ClN3O4S. The first-order chi connectivity index (χ1) is 15.2. The van der Waals surface area contributed by atoms with E-state index in [-0.39, 0.29) is 28.2 Å². The van der Waals surface area contributed by atoms with Gasteiger partial charge in [-0.1, -0.05) is 49.7 Å². The number of hydrogen-bond acceptors (Lipinski definition) is 4. The van der Waals surface area contributed by atoms with Crippen LogP contribution < -0.4 is 5.32 Å². The molecule has 7 nitrogen and oxygen atoms in total. The summed E-state index contributed by atoms with van der Waals surface area (Å²) in [4.78, 5) is 26.5. The second kappa shape index (κ2) is 9.85. The Balaban J connectivity index is 1.85. The summed E-state index contributed by atoms with van der Waals surface area (Å²) in [6.07, 6.45) is 3.54. The van der Waals surface area contributed by atoms with Crippen molar-refractivity contribution in [3.63, 3.8) is 0 Å². The third kappa shape index (κ3) is 4.87. The highest BCUT2D eigenvalue weighted by Crippen LogP contribution is 2.33. The van der Waals surface area contributed by atoms with E-state index in [9.17, 15) is 18.0 Å². The van der Waals surface area contributed by atoms with Crippen LogP contribution in [0.4, 0.5) is 5.69 Å². The summed E-state index contributed by atoms with van der Waals surface area (Å²) in [5.74, 6) is -0.521. The summed E-state index contributed by atoms with van der Waals surface area (Å²) in [6, 6.07) is 11.5. The zero-order valence-corrected chi connectivity index (χ0v) is 19.8. The summed E-state index contributed by atoms with van der Waals surface area (Å²) < 4.78 is 27.1. The molecule has 1 unspecified atom stereocenters. The van der Waals surface area contributed by atoms with E-state index in [2.05, 4.69) is 5.32 Å². The molecule has 1 aliphatic heterocycles. The third-order valence-corrected chi connectivity index (χ3v) is 7.92. The molecule has 2 aromatic carbocycles. The summed E-state index contributed by atoms with van der Waals surface area (Å²) in [5, 5.41) is 2.84. The quantitative estimate of drug-likeness (QED) is 0.647. The Bertz CT molecular complexity index is 1160. The van der Waals surface area contributed by atoms with E-state index in [4.69, 9.17) is 11.6 Å². The molecule has 0 bridgehead atoms. The number of benzene rings is 2. The van der Waals surface area contributed by atoms with Gasteiger partial charge in [-0.25, -0.2) is 8.42 Å². The van der Waals surface area contributed by atoms with Crippen LogP contribution in [0.1, 0.15) is 44.4 Å². The fourth-order valence-corrected chi connectivity index (χ4v) is 5.74. The predicted octanol–water partition coefficient (Wildman–Crippen LogP) is 4.27. The van der Waals surface area contributed by atoms with Crippen LogP contribution in [0.25, 0.3) is 6.08 Å². The number of amides is 2. The van der Waals surface area contributed by atoms with Gasteiger partial charge in [-0.15, -0.1) is 0 Å². The van der Waals surface area contributed by atoms with Gasteiger partial charge in [0.2, 0.25) is 21.8 Å². The molecule has 2 amide bonds. The molecule has 32 heavy (non-hydrogen) atoms. The number of hydrogen-bond donors (Lipinski definition) is 1. The van der Waals surface area contributed by atoms with E-state index in [1.807, 2.05) is 30.3 Å². The summed E-state index contributed by atoms with van der Waals surface area (Å²) in [6.45, 7) is 5.56. The molecule has 0 aliphatic carbocycles. The second-order valence-corrected chi connectivity index (χ2v) is 9.69. The molecular weight excluding hydrogens is 450 g/mol. The third-order valence-electron chi connectivity index (χ3n) is 5.39. The van der Waals surface area contributed by atoms with E-state index in [1.165, 1.54) is 28.3 Å². The molecule has 0 saturated heterocycles. The van der Waals surface area contributed by atoms with Crippen LogP contribution in [-0.2, 0) is 19.6 Å². The van der Waals surface area contributed by atoms with Gasteiger partial charge in [0.05, 0.1) is 17.5 Å². The minimum atomic E-state index is -3.79. The molecule has 0 aromatic heterocycles. The van der Waals surface area contributed by atoms with E-state index in [1.54, 1.807) is 26.1 Å². The van der Waals surface area contributed by atoms with Crippen LogP contribution in [0, 0.1) is 0 Å². The first-order valence-corrected chi connectivity index (χ1v) is 12.2. The molecule has 0 spiro atoms. The van der Waals surface area contributed by atoms with Gasteiger partial charge in [-0.05, 0) is 35.4 Å². The van der Waals surface area contributed by atoms with Gasteiger partial charge in [0.1, 0.15) is 4.90 Å². The summed E-state index contributed by atoms with van der Waals surface area (Å²) in [5.41, 5.74) is 2.14. The Labute approximate surface area is 193 Å². The molecule has 2 aromatic rings. The lowest BCUT2D eigenvalue weighted by Crippen LogP contribution is -2.33. The molecule has 1 N–H and O–H groups in total. The standard InChI is InChI=1S/C23H26ClN3O4S/c1-4-26(5-2)32(30,31)22-14-18(10-11-20(22)24)25-23(29)15-21-19-9-7-6-8-17(19)12-13-27(21)16(3)28/h6-14,21H,4-5,15H2,1-3H3,(H,25,29). The number of nitrogens with zero attached hydrogens (tertiary/aromatic N) is 2. The van der Waals surface area contributed by atoms with Gasteiger partial charge in [0.25, 0.3) is 0 Å². The average molecular weight is 476 g/mol. The van der Waals surface area contributed by atoms with Crippen LogP contribution in [0.2, 0.25) is 5.02 Å². The Morgan fingerprint density at radius 1 is 1.12 bits per heavy atom. The second-order valence-electron chi connectivity index (χ2n) is 7.37. The number of carbonyl (C=O) groups is 2. The molecule has 0 radical (unpaired) electrons. The fourth-order valence-electron chi connectivity index (χ4n) is 3.78. The first-order valence-electron chi connectivity index (χ1n) is 10.3.